The number of aliphatic hydroxyl groups excluding tert-OH is 1. The molecule has 2 aromatic heterocycles. The quantitative estimate of drug-likeness (QED) is 0.794. The summed E-state index contributed by atoms with van der Waals surface area (Å²) in [5, 5.41) is 14.1. The van der Waals surface area contributed by atoms with E-state index in [2.05, 4.69) is 40.2 Å². The molecule has 162 valence electrons. The lowest BCUT2D eigenvalue weighted by atomic mass is 9.91. The largest absolute Gasteiger partial charge is 0.508 e. The predicted octanol–water partition coefficient (Wildman–Crippen LogP) is 3.01. The molecule has 7 nitrogen and oxygen atoms in total. The van der Waals surface area contributed by atoms with Crippen molar-refractivity contribution in [2.45, 2.75) is 24.7 Å². The minimum atomic E-state index is 0.107. The number of likely N-dealkylation sites (N-methyl/N-ethyl adjacent to an activating group) is 1. The van der Waals surface area contributed by atoms with Crippen LogP contribution in [0.5, 0.6) is 0 Å². The van der Waals surface area contributed by atoms with E-state index in [9.17, 15) is 5.11 Å². The number of hydrogen-bond donors (Lipinski definition) is 2. The number of fused-ring (bicyclic) bond motifs is 1. The predicted molar refractivity (Wildman–Crippen MR) is 123 cm³/mol. The molecule has 0 spiro atoms. The minimum Gasteiger partial charge on any atom is -0.508 e. The number of nitrogen functional groups attached to an aromatic ring is 1. The summed E-state index contributed by atoms with van der Waals surface area (Å²) < 4.78 is 1.76. The van der Waals surface area contributed by atoms with Crippen LogP contribution in [0.1, 0.15) is 35.8 Å². The molecule has 0 amide bonds. The molecule has 1 fully saturated rings. The first-order chi connectivity index (χ1) is 15.1. The van der Waals surface area contributed by atoms with Crippen LogP contribution in [-0.2, 0) is 0 Å². The van der Waals surface area contributed by atoms with Gasteiger partial charge in [0.1, 0.15) is 11.6 Å². The molecule has 0 aromatic carbocycles. The first-order valence-electron chi connectivity index (χ1n) is 11.1. The van der Waals surface area contributed by atoms with Gasteiger partial charge in [-0.25, -0.2) is 4.98 Å². The molecule has 2 atom stereocenters. The van der Waals surface area contributed by atoms with Crippen LogP contribution in [0.3, 0.4) is 0 Å². The van der Waals surface area contributed by atoms with Crippen molar-refractivity contribution in [2.24, 2.45) is 0 Å². The van der Waals surface area contributed by atoms with Crippen molar-refractivity contribution in [1.82, 2.24) is 24.4 Å². The topological polar surface area (TPSA) is 82.9 Å². The van der Waals surface area contributed by atoms with Gasteiger partial charge in [-0.3, -0.25) is 4.90 Å². The van der Waals surface area contributed by atoms with E-state index in [-0.39, 0.29) is 11.8 Å². The van der Waals surface area contributed by atoms with Gasteiger partial charge in [0, 0.05) is 61.9 Å². The summed E-state index contributed by atoms with van der Waals surface area (Å²) in [5.41, 5.74) is 10.7. The van der Waals surface area contributed by atoms with Crippen LogP contribution in [0, 0.1) is 0 Å². The summed E-state index contributed by atoms with van der Waals surface area (Å²) in [6.07, 6.45) is 17.8. The van der Waals surface area contributed by atoms with Crippen molar-refractivity contribution >= 4 is 11.5 Å². The first kappa shape index (κ1) is 20.0. The molecular weight excluding hydrogens is 388 g/mol. The number of nitrogens with two attached hydrogens (primary N) is 1. The molecule has 0 radical (unpaired) electrons. The van der Waals surface area contributed by atoms with Crippen molar-refractivity contribution in [3.8, 4) is 0 Å². The SMILES string of the molecule is CN1CCN(CC2=CCC(c3cnn4c(N)c(C5C=CC(O)=CC5)cnc34)C=C2)CC1. The van der Waals surface area contributed by atoms with Gasteiger partial charge in [-0.05, 0) is 37.6 Å². The zero-order chi connectivity index (χ0) is 21.4. The van der Waals surface area contributed by atoms with E-state index >= 15 is 0 Å². The van der Waals surface area contributed by atoms with Gasteiger partial charge in [0.25, 0.3) is 0 Å². The van der Waals surface area contributed by atoms with Crippen LogP contribution in [0.4, 0.5) is 5.82 Å². The van der Waals surface area contributed by atoms with Crippen molar-refractivity contribution < 1.29 is 5.11 Å². The Balaban J connectivity index is 1.30. The van der Waals surface area contributed by atoms with Crippen LogP contribution >= 0.6 is 0 Å². The van der Waals surface area contributed by atoms with Crippen molar-refractivity contribution in [1.29, 1.82) is 0 Å². The third-order valence-electron chi connectivity index (χ3n) is 6.68. The second-order valence-electron chi connectivity index (χ2n) is 8.82. The van der Waals surface area contributed by atoms with Gasteiger partial charge in [0.05, 0.1) is 6.20 Å². The summed E-state index contributed by atoms with van der Waals surface area (Å²) in [4.78, 5) is 9.65. The van der Waals surface area contributed by atoms with Gasteiger partial charge in [0.2, 0.25) is 0 Å². The van der Waals surface area contributed by atoms with E-state index < -0.39 is 0 Å². The summed E-state index contributed by atoms with van der Waals surface area (Å²) >= 11 is 0. The van der Waals surface area contributed by atoms with Crippen molar-refractivity contribution in [2.75, 3.05) is 45.5 Å². The molecule has 31 heavy (non-hydrogen) atoms. The van der Waals surface area contributed by atoms with E-state index in [4.69, 9.17) is 10.7 Å². The van der Waals surface area contributed by atoms with Crippen molar-refractivity contribution in [3.05, 3.63) is 71.3 Å². The second kappa shape index (κ2) is 8.32. The maximum atomic E-state index is 9.58. The molecule has 2 aromatic rings. The fourth-order valence-corrected chi connectivity index (χ4v) is 4.64. The Morgan fingerprint density at radius 3 is 2.45 bits per heavy atom. The molecule has 3 aliphatic rings. The standard InChI is InChI=1S/C24H30N6O/c1-28-10-12-29(13-11-28)16-17-2-4-19(5-3-17)22-15-27-30-23(25)21(14-26-24(22)30)18-6-8-20(31)9-7-18/h2-4,6,8-9,14-15,18-19,31H,5,7,10-13,16,25H2,1H3. The van der Waals surface area contributed by atoms with Gasteiger partial charge in [-0.15, -0.1) is 0 Å². The van der Waals surface area contributed by atoms with Gasteiger partial charge in [-0.1, -0.05) is 24.3 Å². The maximum absolute atomic E-state index is 9.58. The van der Waals surface area contributed by atoms with E-state index in [0.717, 1.165) is 55.9 Å². The normalized spacial score (nSPS) is 25.1. The first-order valence-corrected chi connectivity index (χ1v) is 11.1. The number of aliphatic hydroxyl groups is 1. The summed E-state index contributed by atoms with van der Waals surface area (Å²) in [6.45, 7) is 5.59. The highest BCUT2D eigenvalue weighted by Crippen LogP contribution is 2.33. The molecule has 1 aliphatic heterocycles. The Bertz CT molecular complexity index is 1090. The zero-order valence-electron chi connectivity index (χ0n) is 18.0. The molecule has 5 rings (SSSR count). The third-order valence-corrected chi connectivity index (χ3v) is 6.68. The number of rotatable bonds is 4. The highest BCUT2D eigenvalue weighted by atomic mass is 16.3. The number of aromatic nitrogens is 3. The minimum absolute atomic E-state index is 0.107. The zero-order valence-corrected chi connectivity index (χ0v) is 18.0. The molecule has 7 heteroatoms. The number of hydrogen-bond acceptors (Lipinski definition) is 6. The lowest BCUT2D eigenvalue weighted by molar-refractivity contribution is 0.164. The molecule has 3 N–H and O–H groups in total. The van der Waals surface area contributed by atoms with E-state index in [0.29, 0.717) is 18.0 Å². The van der Waals surface area contributed by atoms with Crippen LogP contribution in [0.15, 0.2) is 60.2 Å². The second-order valence-corrected chi connectivity index (χ2v) is 8.82. The Morgan fingerprint density at radius 2 is 1.74 bits per heavy atom. The van der Waals surface area contributed by atoms with E-state index in [1.807, 2.05) is 24.5 Å². The average Bonchev–Trinajstić information content (AvgIpc) is 3.22. The summed E-state index contributed by atoms with van der Waals surface area (Å²) in [7, 11) is 2.19. The molecule has 3 heterocycles. The third kappa shape index (κ3) is 4.03. The van der Waals surface area contributed by atoms with Crippen LogP contribution in [-0.4, -0.2) is 69.3 Å². The Hall–Kier alpha value is -2.90. The number of piperazine rings is 1. The number of anilines is 1. The van der Waals surface area contributed by atoms with Gasteiger partial charge in [0.15, 0.2) is 5.65 Å². The van der Waals surface area contributed by atoms with Gasteiger partial charge in [-0.2, -0.15) is 9.61 Å². The maximum Gasteiger partial charge on any atom is 0.161 e. The Morgan fingerprint density at radius 1 is 1.00 bits per heavy atom. The fraction of sp³-hybridized carbons (Fsp3) is 0.417. The van der Waals surface area contributed by atoms with Crippen LogP contribution < -0.4 is 5.73 Å². The number of nitrogens with zero attached hydrogens (tertiary/aromatic N) is 5. The molecule has 2 aliphatic carbocycles. The molecular formula is C24H30N6O. The number of allylic oxidation sites excluding steroid dienone is 5. The summed E-state index contributed by atoms with van der Waals surface area (Å²) in [6, 6.07) is 0. The lowest BCUT2D eigenvalue weighted by Gasteiger charge is -2.33. The highest BCUT2D eigenvalue weighted by molar-refractivity contribution is 5.58. The van der Waals surface area contributed by atoms with Crippen LogP contribution in [0.2, 0.25) is 0 Å². The average molecular weight is 419 g/mol. The summed E-state index contributed by atoms with van der Waals surface area (Å²) in [5.74, 6) is 1.29. The Labute approximate surface area is 182 Å². The van der Waals surface area contributed by atoms with Crippen LogP contribution in [0.25, 0.3) is 5.65 Å². The van der Waals surface area contributed by atoms with Crippen molar-refractivity contribution in [3.63, 3.8) is 0 Å². The molecule has 0 bridgehead atoms. The molecule has 1 saturated heterocycles. The fourth-order valence-electron chi connectivity index (χ4n) is 4.64. The van der Waals surface area contributed by atoms with Gasteiger partial charge < -0.3 is 15.7 Å². The lowest BCUT2D eigenvalue weighted by Crippen LogP contribution is -2.45. The molecule has 2 unspecified atom stereocenters. The van der Waals surface area contributed by atoms with E-state index in [1.165, 1.54) is 5.57 Å². The Kier molecular flexibility index (Phi) is 5.38. The smallest absolute Gasteiger partial charge is 0.161 e. The monoisotopic (exact) mass is 418 g/mol. The highest BCUT2D eigenvalue weighted by Gasteiger charge is 2.22. The van der Waals surface area contributed by atoms with E-state index in [1.54, 1.807) is 10.6 Å². The van der Waals surface area contributed by atoms with Gasteiger partial charge >= 0.3 is 0 Å². The molecule has 0 saturated carbocycles.